The fraction of sp³-hybridized carbons (Fsp3) is 0.750. The molecule has 4 heteroatoms. The Bertz CT molecular complexity index is 296. The van der Waals surface area contributed by atoms with Crippen LogP contribution in [0.25, 0.3) is 0 Å². The maximum absolute atomic E-state index is 5.00. The lowest BCUT2D eigenvalue weighted by atomic mass is 9.98. The topological polar surface area (TPSA) is 39.1 Å². The summed E-state index contributed by atoms with van der Waals surface area (Å²) in [4.78, 5) is 4.30. The van der Waals surface area contributed by atoms with Crippen molar-refractivity contribution in [1.29, 1.82) is 0 Å². The third-order valence-electron chi connectivity index (χ3n) is 2.93. The minimum Gasteiger partial charge on any atom is -0.383 e. The molecule has 4 nitrogen and oxygen atoms in total. The second kappa shape index (κ2) is 6.53. The molecule has 0 bridgehead atoms. The minimum atomic E-state index is 0.650. The summed E-state index contributed by atoms with van der Waals surface area (Å²) in [5, 5.41) is 3.27. The smallest absolute Gasteiger partial charge is 0.202 e. The van der Waals surface area contributed by atoms with Gasteiger partial charge in [-0.25, -0.2) is 4.98 Å². The average molecular weight is 225 g/mol. The van der Waals surface area contributed by atoms with E-state index in [1.807, 2.05) is 12.4 Å². The van der Waals surface area contributed by atoms with E-state index in [0.717, 1.165) is 19.0 Å². The number of rotatable bonds is 7. The number of hydrogen-bond donors (Lipinski definition) is 1. The van der Waals surface area contributed by atoms with Crippen LogP contribution in [0.3, 0.4) is 0 Å². The Labute approximate surface area is 98.0 Å². The number of aromatic nitrogens is 2. The molecule has 92 valence electrons. The normalized spacial score (nSPS) is 13.1. The summed E-state index contributed by atoms with van der Waals surface area (Å²) >= 11 is 0. The maximum atomic E-state index is 5.00. The summed E-state index contributed by atoms with van der Waals surface area (Å²) < 4.78 is 7.17. The summed E-state index contributed by atoms with van der Waals surface area (Å²) in [6, 6.07) is 0. The molecule has 1 rings (SSSR count). The fourth-order valence-electron chi connectivity index (χ4n) is 1.41. The molecule has 16 heavy (non-hydrogen) atoms. The van der Waals surface area contributed by atoms with Gasteiger partial charge < -0.3 is 14.6 Å². The Morgan fingerprint density at radius 3 is 2.81 bits per heavy atom. The molecule has 1 aromatic heterocycles. The van der Waals surface area contributed by atoms with Crippen LogP contribution in [0.2, 0.25) is 0 Å². The third kappa shape index (κ3) is 3.85. The molecule has 0 amide bonds. The lowest BCUT2D eigenvalue weighted by Crippen LogP contribution is -2.17. The van der Waals surface area contributed by atoms with Crippen molar-refractivity contribution in [3.63, 3.8) is 0 Å². The van der Waals surface area contributed by atoms with Gasteiger partial charge in [-0.1, -0.05) is 20.8 Å². The van der Waals surface area contributed by atoms with Crippen molar-refractivity contribution in [1.82, 2.24) is 9.55 Å². The molecule has 0 aliphatic rings. The Morgan fingerprint density at radius 2 is 2.19 bits per heavy atom. The number of methoxy groups -OCH3 is 1. The summed E-state index contributed by atoms with van der Waals surface area (Å²) in [5.74, 6) is 2.27. The number of nitrogens with one attached hydrogen (secondary N) is 1. The zero-order chi connectivity index (χ0) is 12.0. The largest absolute Gasteiger partial charge is 0.383 e. The van der Waals surface area contributed by atoms with Gasteiger partial charge >= 0.3 is 0 Å². The number of nitrogens with zero attached hydrogens (tertiary/aromatic N) is 2. The molecule has 0 saturated carbocycles. The van der Waals surface area contributed by atoms with Crippen molar-refractivity contribution in [3.05, 3.63) is 12.4 Å². The average Bonchev–Trinajstić information content (AvgIpc) is 2.66. The lowest BCUT2D eigenvalue weighted by Gasteiger charge is -2.17. The Balaban J connectivity index is 2.50. The van der Waals surface area contributed by atoms with Crippen molar-refractivity contribution < 1.29 is 4.74 Å². The van der Waals surface area contributed by atoms with E-state index in [2.05, 4.69) is 35.6 Å². The van der Waals surface area contributed by atoms with Gasteiger partial charge in [0, 0.05) is 32.6 Å². The van der Waals surface area contributed by atoms with E-state index in [-0.39, 0.29) is 0 Å². The van der Waals surface area contributed by atoms with E-state index in [9.17, 15) is 0 Å². The predicted molar refractivity (Wildman–Crippen MR) is 66.6 cm³/mol. The molecule has 0 aliphatic carbocycles. The van der Waals surface area contributed by atoms with Crippen LogP contribution >= 0.6 is 0 Å². The summed E-state index contributed by atoms with van der Waals surface area (Å²) in [5.41, 5.74) is 0. The van der Waals surface area contributed by atoms with E-state index in [1.54, 1.807) is 7.11 Å². The van der Waals surface area contributed by atoms with Crippen molar-refractivity contribution in [2.24, 2.45) is 11.8 Å². The molecule has 0 saturated heterocycles. The molecule has 1 heterocycles. The van der Waals surface area contributed by atoms with Crippen LogP contribution in [0, 0.1) is 11.8 Å². The first-order valence-electron chi connectivity index (χ1n) is 5.89. The van der Waals surface area contributed by atoms with Crippen LogP contribution in [0.5, 0.6) is 0 Å². The number of imidazole rings is 1. The van der Waals surface area contributed by atoms with E-state index in [0.29, 0.717) is 18.4 Å². The van der Waals surface area contributed by atoms with E-state index < -0.39 is 0 Å². The molecule has 0 radical (unpaired) electrons. The third-order valence-corrected chi connectivity index (χ3v) is 2.93. The molecular formula is C12H23N3O. The van der Waals surface area contributed by atoms with Crippen molar-refractivity contribution in [3.8, 4) is 0 Å². The molecule has 0 aliphatic heterocycles. The van der Waals surface area contributed by atoms with Crippen LogP contribution < -0.4 is 5.32 Å². The van der Waals surface area contributed by atoms with Gasteiger partial charge in [0.2, 0.25) is 5.95 Å². The number of hydrogen-bond acceptors (Lipinski definition) is 3. The highest BCUT2D eigenvalue weighted by Crippen LogP contribution is 2.15. The molecule has 1 unspecified atom stereocenters. The first kappa shape index (κ1) is 13.0. The zero-order valence-electron chi connectivity index (χ0n) is 10.7. The van der Waals surface area contributed by atoms with Crippen LogP contribution in [0.1, 0.15) is 20.8 Å². The van der Waals surface area contributed by atoms with Gasteiger partial charge in [0.25, 0.3) is 0 Å². The highest BCUT2D eigenvalue weighted by Gasteiger charge is 2.10. The summed E-state index contributed by atoms with van der Waals surface area (Å²) in [6.07, 6.45) is 3.86. The standard InChI is InChI=1S/C12H23N3O/c1-10(2)11(3)9-15-7-5-13-12(15)14-6-8-16-4/h5,7,10-11H,6,8-9H2,1-4H3,(H,13,14). The van der Waals surface area contributed by atoms with Crippen LogP contribution in [0.4, 0.5) is 5.95 Å². The molecule has 0 spiro atoms. The Hall–Kier alpha value is -1.03. The number of anilines is 1. The quantitative estimate of drug-likeness (QED) is 0.723. The Morgan fingerprint density at radius 1 is 1.44 bits per heavy atom. The van der Waals surface area contributed by atoms with Crippen molar-refractivity contribution >= 4 is 5.95 Å². The predicted octanol–water partition coefficient (Wildman–Crippen LogP) is 2.23. The van der Waals surface area contributed by atoms with Gasteiger partial charge in [0.1, 0.15) is 0 Å². The van der Waals surface area contributed by atoms with E-state index >= 15 is 0 Å². The van der Waals surface area contributed by atoms with E-state index in [1.165, 1.54) is 0 Å². The second-order valence-corrected chi connectivity index (χ2v) is 4.54. The monoisotopic (exact) mass is 225 g/mol. The first-order valence-corrected chi connectivity index (χ1v) is 5.89. The SMILES string of the molecule is COCCNc1nccn1CC(C)C(C)C. The Kier molecular flexibility index (Phi) is 5.32. The van der Waals surface area contributed by atoms with Gasteiger partial charge in [-0.05, 0) is 11.8 Å². The highest BCUT2D eigenvalue weighted by atomic mass is 16.5. The number of ether oxygens (including phenoxy) is 1. The van der Waals surface area contributed by atoms with Gasteiger partial charge in [0.15, 0.2) is 0 Å². The van der Waals surface area contributed by atoms with Crippen LogP contribution in [-0.2, 0) is 11.3 Å². The lowest BCUT2D eigenvalue weighted by molar-refractivity contribution is 0.210. The van der Waals surface area contributed by atoms with Gasteiger partial charge in [-0.3, -0.25) is 0 Å². The fourth-order valence-corrected chi connectivity index (χ4v) is 1.41. The van der Waals surface area contributed by atoms with Crippen molar-refractivity contribution in [2.45, 2.75) is 27.3 Å². The summed E-state index contributed by atoms with van der Waals surface area (Å²) in [6.45, 7) is 9.27. The maximum Gasteiger partial charge on any atom is 0.202 e. The molecule has 1 atom stereocenters. The second-order valence-electron chi connectivity index (χ2n) is 4.54. The molecule has 0 aromatic carbocycles. The minimum absolute atomic E-state index is 0.650. The first-order chi connectivity index (χ1) is 7.65. The molecule has 0 fully saturated rings. The highest BCUT2D eigenvalue weighted by molar-refractivity contribution is 5.25. The van der Waals surface area contributed by atoms with Gasteiger partial charge in [-0.2, -0.15) is 0 Å². The van der Waals surface area contributed by atoms with Gasteiger partial charge in [0.05, 0.1) is 6.61 Å². The zero-order valence-corrected chi connectivity index (χ0v) is 10.7. The van der Waals surface area contributed by atoms with E-state index in [4.69, 9.17) is 4.74 Å². The summed E-state index contributed by atoms with van der Waals surface area (Å²) in [7, 11) is 1.70. The molecular weight excluding hydrogens is 202 g/mol. The van der Waals surface area contributed by atoms with Crippen molar-refractivity contribution in [2.75, 3.05) is 25.6 Å². The van der Waals surface area contributed by atoms with Crippen LogP contribution in [0.15, 0.2) is 12.4 Å². The molecule has 1 aromatic rings. The van der Waals surface area contributed by atoms with Crippen LogP contribution in [-0.4, -0.2) is 29.8 Å². The van der Waals surface area contributed by atoms with Gasteiger partial charge in [-0.15, -0.1) is 0 Å². The molecule has 1 N–H and O–H groups in total.